The first-order valence-electron chi connectivity index (χ1n) is 15.0. The molecule has 1 aromatic carbocycles. The van der Waals surface area contributed by atoms with Crippen molar-refractivity contribution in [1.29, 1.82) is 0 Å². The molecule has 0 radical (unpaired) electrons. The van der Waals surface area contributed by atoms with Crippen LogP contribution in [0.2, 0.25) is 0 Å². The summed E-state index contributed by atoms with van der Waals surface area (Å²) in [6.45, 7) is 4.10. The predicted octanol–water partition coefficient (Wildman–Crippen LogP) is -0.306. The molecule has 0 aromatic heterocycles. The first-order valence-corrected chi connectivity index (χ1v) is 15.0. The van der Waals surface area contributed by atoms with Crippen LogP contribution in [0.1, 0.15) is 64.4 Å². The number of nitrogens with zero attached hydrogens (tertiary/aromatic N) is 2. The van der Waals surface area contributed by atoms with Crippen LogP contribution in [0.4, 0.5) is 0 Å². The van der Waals surface area contributed by atoms with Gasteiger partial charge in [-0.3, -0.25) is 19.4 Å². The van der Waals surface area contributed by atoms with Crippen LogP contribution in [0.15, 0.2) is 29.3 Å². The fraction of sp³-hybridized carbons (Fsp3) is 0.633. The van der Waals surface area contributed by atoms with E-state index in [9.17, 15) is 34.5 Å². The quantitative estimate of drug-likeness (QED) is 0.0642. The molecule has 3 amide bonds. The number of aliphatic hydroxyl groups excluding tert-OH is 2. The number of carbonyl (C=O) groups is 4. The van der Waals surface area contributed by atoms with Crippen molar-refractivity contribution in [2.75, 3.05) is 6.54 Å². The van der Waals surface area contributed by atoms with E-state index in [1.165, 1.54) is 17.0 Å². The Morgan fingerprint density at radius 2 is 1.81 bits per heavy atom. The first kappa shape index (κ1) is 33.8. The van der Waals surface area contributed by atoms with Gasteiger partial charge in [-0.15, -0.1) is 0 Å². The summed E-state index contributed by atoms with van der Waals surface area (Å²) in [6.07, 6.45) is 1.48. The fourth-order valence-electron chi connectivity index (χ4n) is 6.05. The van der Waals surface area contributed by atoms with Crippen LogP contribution in [0, 0.1) is 11.8 Å². The Hall–Kier alpha value is -3.71. The zero-order valence-corrected chi connectivity index (χ0v) is 24.9. The minimum Gasteiger partial charge on any atom is -0.508 e. The number of guanidine groups is 1. The second-order valence-electron chi connectivity index (χ2n) is 12.1. The van der Waals surface area contributed by atoms with E-state index >= 15 is 0 Å². The zero-order valence-electron chi connectivity index (χ0n) is 24.9. The van der Waals surface area contributed by atoms with E-state index in [0.29, 0.717) is 56.9 Å². The lowest BCUT2D eigenvalue weighted by molar-refractivity contribution is -0.146. The second-order valence-corrected chi connectivity index (χ2v) is 12.1. The van der Waals surface area contributed by atoms with Crippen LogP contribution in [-0.2, 0) is 25.6 Å². The smallest absolute Gasteiger partial charge is 0.249 e. The molecule has 2 aliphatic rings. The highest BCUT2D eigenvalue weighted by molar-refractivity contribution is 5.94. The van der Waals surface area contributed by atoms with Gasteiger partial charge >= 0.3 is 0 Å². The summed E-state index contributed by atoms with van der Waals surface area (Å²) < 4.78 is 0. The SMILES string of the molecule is CC(C)CC(NC(=O)C(O)Cc1ccc(O)cc1)C(=O)N1C(C(=O)NC(C=O)CCCN=C(N)N)CC2CCC(O)CC21. The zero-order chi connectivity index (χ0) is 31.7. The summed E-state index contributed by atoms with van der Waals surface area (Å²) in [6, 6.07) is 2.99. The van der Waals surface area contributed by atoms with E-state index in [1.807, 2.05) is 13.8 Å². The third kappa shape index (κ3) is 9.65. The highest BCUT2D eigenvalue weighted by Crippen LogP contribution is 2.40. The molecule has 43 heavy (non-hydrogen) atoms. The number of carbonyl (C=O) groups excluding carboxylic acids is 4. The maximum absolute atomic E-state index is 14.2. The van der Waals surface area contributed by atoms with Gasteiger partial charge in [-0.25, -0.2) is 0 Å². The second kappa shape index (κ2) is 15.7. The average Bonchev–Trinajstić information content (AvgIpc) is 3.33. The molecule has 0 bridgehead atoms. The van der Waals surface area contributed by atoms with E-state index in [-0.39, 0.29) is 36.4 Å². The number of aliphatic hydroxyl groups is 2. The van der Waals surface area contributed by atoms with Gasteiger partial charge in [0, 0.05) is 19.0 Å². The molecule has 2 fully saturated rings. The molecule has 238 valence electrons. The third-order valence-electron chi connectivity index (χ3n) is 8.15. The van der Waals surface area contributed by atoms with Gasteiger partial charge in [0.25, 0.3) is 0 Å². The van der Waals surface area contributed by atoms with E-state index in [0.717, 1.165) is 0 Å². The Bertz CT molecular complexity index is 1140. The largest absolute Gasteiger partial charge is 0.508 e. The van der Waals surface area contributed by atoms with Crippen LogP contribution in [0.3, 0.4) is 0 Å². The standard InChI is InChI=1S/C30H46N6O7/c1-17(2)12-23(35-28(42)26(40)13-18-5-8-21(38)9-6-18)29(43)36-24-15-22(39)10-7-19(24)14-25(36)27(41)34-20(16-37)4-3-11-33-30(31)32/h5-6,8-9,16-17,19-20,22-26,38-40H,3-4,7,10-15H2,1-2H3,(H,34,41)(H,35,42)(H4,31,32,33). The minimum atomic E-state index is -1.44. The molecule has 7 atom stereocenters. The fourth-order valence-corrected chi connectivity index (χ4v) is 6.05. The van der Waals surface area contributed by atoms with Gasteiger partial charge in [-0.1, -0.05) is 26.0 Å². The number of hydrogen-bond acceptors (Lipinski definition) is 8. The van der Waals surface area contributed by atoms with E-state index < -0.39 is 54.1 Å². The number of likely N-dealkylation sites (tertiary alicyclic amines) is 1. The normalized spacial score (nSPS) is 23.5. The van der Waals surface area contributed by atoms with E-state index in [4.69, 9.17) is 11.5 Å². The average molecular weight is 603 g/mol. The Morgan fingerprint density at radius 3 is 2.44 bits per heavy atom. The molecule has 13 heteroatoms. The van der Waals surface area contributed by atoms with Gasteiger partial charge in [-0.2, -0.15) is 0 Å². The van der Waals surface area contributed by atoms with Crippen LogP contribution in [-0.4, -0.2) is 93.1 Å². The molecule has 0 spiro atoms. The van der Waals surface area contributed by atoms with Crippen molar-refractivity contribution < 1.29 is 34.5 Å². The van der Waals surface area contributed by atoms with Crippen molar-refractivity contribution in [2.45, 2.75) is 102 Å². The monoisotopic (exact) mass is 602 g/mol. The lowest BCUT2D eigenvalue weighted by atomic mass is 9.83. The molecular formula is C30H46N6O7. The summed E-state index contributed by atoms with van der Waals surface area (Å²) in [4.78, 5) is 57.9. The Kier molecular flexibility index (Phi) is 12.3. The van der Waals surface area contributed by atoms with Crippen molar-refractivity contribution in [3.63, 3.8) is 0 Å². The van der Waals surface area contributed by atoms with Crippen molar-refractivity contribution in [1.82, 2.24) is 15.5 Å². The molecule has 13 nitrogen and oxygen atoms in total. The summed E-state index contributed by atoms with van der Waals surface area (Å²) in [5, 5.41) is 36.0. The number of fused-ring (bicyclic) bond motifs is 1. The van der Waals surface area contributed by atoms with Gasteiger partial charge in [-0.05, 0) is 74.5 Å². The number of aromatic hydroxyl groups is 1. The third-order valence-corrected chi connectivity index (χ3v) is 8.15. The highest BCUT2D eigenvalue weighted by Gasteiger charge is 2.50. The van der Waals surface area contributed by atoms with E-state index in [2.05, 4.69) is 15.6 Å². The van der Waals surface area contributed by atoms with Crippen LogP contribution in [0.25, 0.3) is 0 Å². The molecule has 7 unspecified atom stereocenters. The van der Waals surface area contributed by atoms with Crippen LogP contribution >= 0.6 is 0 Å². The summed E-state index contributed by atoms with van der Waals surface area (Å²) >= 11 is 0. The summed E-state index contributed by atoms with van der Waals surface area (Å²) in [5.41, 5.74) is 11.3. The van der Waals surface area contributed by atoms with Crippen molar-refractivity contribution >= 4 is 30.0 Å². The number of nitrogens with two attached hydrogens (primary N) is 2. The summed E-state index contributed by atoms with van der Waals surface area (Å²) in [5.74, 6) is -1.69. The van der Waals surface area contributed by atoms with Gasteiger partial charge in [0.2, 0.25) is 17.7 Å². The van der Waals surface area contributed by atoms with Gasteiger partial charge in [0.1, 0.15) is 30.2 Å². The van der Waals surface area contributed by atoms with Crippen LogP contribution in [0.5, 0.6) is 5.75 Å². The number of aldehydes is 1. The molecule has 1 aliphatic heterocycles. The molecule has 1 heterocycles. The number of phenols is 1. The molecule has 1 aromatic rings. The van der Waals surface area contributed by atoms with Crippen molar-refractivity contribution in [2.24, 2.45) is 28.3 Å². The lowest BCUT2D eigenvalue weighted by Crippen LogP contribution is -2.58. The van der Waals surface area contributed by atoms with Crippen LogP contribution < -0.4 is 22.1 Å². The lowest BCUT2D eigenvalue weighted by Gasteiger charge is -2.38. The van der Waals surface area contributed by atoms with E-state index in [1.54, 1.807) is 12.1 Å². The molecule has 1 saturated carbocycles. The Morgan fingerprint density at radius 1 is 1.12 bits per heavy atom. The highest BCUT2D eigenvalue weighted by atomic mass is 16.3. The Balaban J connectivity index is 1.78. The molecule has 1 aliphatic carbocycles. The number of aliphatic imine (C=N–C) groups is 1. The van der Waals surface area contributed by atoms with Gasteiger partial charge in [0.05, 0.1) is 12.1 Å². The number of nitrogens with one attached hydrogen (secondary N) is 2. The number of rotatable bonds is 14. The predicted molar refractivity (Wildman–Crippen MR) is 159 cm³/mol. The Labute approximate surface area is 252 Å². The number of phenolic OH excluding ortho intramolecular Hbond substituents is 1. The number of amides is 3. The van der Waals surface area contributed by atoms with Crippen molar-refractivity contribution in [3.05, 3.63) is 29.8 Å². The first-order chi connectivity index (χ1) is 20.4. The van der Waals surface area contributed by atoms with Gasteiger partial charge < -0.3 is 47.1 Å². The molecule has 3 rings (SSSR count). The maximum atomic E-state index is 14.2. The number of hydrogen-bond donors (Lipinski definition) is 7. The molecule has 1 saturated heterocycles. The maximum Gasteiger partial charge on any atom is 0.249 e. The topological polar surface area (TPSA) is 221 Å². The molecule has 9 N–H and O–H groups in total. The minimum absolute atomic E-state index is 0.00391. The summed E-state index contributed by atoms with van der Waals surface area (Å²) in [7, 11) is 0. The number of benzene rings is 1. The van der Waals surface area contributed by atoms with Gasteiger partial charge in [0.15, 0.2) is 5.96 Å². The van der Waals surface area contributed by atoms with Crippen molar-refractivity contribution in [3.8, 4) is 5.75 Å². The molecular weight excluding hydrogens is 556 g/mol.